The molecular formula is C14H18BrNO. The molecule has 0 radical (unpaired) electrons. The van der Waals surface area contributed by atoms with Crippen molar-refractivity contribution in [3.05, 3.63) is 28.2 Å². The van der Waals surface area contributed by atoms with E-state index >= 15 is 0 Å². The number of carbonyl (C=O) groups is 1. The molecule has 2 nitrogen and oxygen atoms in total. The summed E-state index contributed by atoms with van der Waals surface area (Å²) in [4.78, 5) is 11.9. The van der Waals surface area contributed by atoms with E-state index in [1.807, 2.05) is 25.1 Å². The Kier molecular flexibility index (Phi) is 4.21. The topological polar surface area (TPSA) is 29.1 Å². The lowest BCUT2D eigenvalue weighted by Gasteiger charge is -2.11. The van der Waals surface area contributed by atoms with Gasteiger partial charge in [-0.15, -0.1) is 0 Å². The number of amides is 1. The molecule has 0 aliphatic heterocycles. The van der Waals surface area contributed by atoms with Gasteiger partial charge in [-0.2, -0.15) is 0 Å². The fraction of sp³-hybridized carbons (Fsp3) is 0.500. The highest BCUT2D eigenvalue weighted by atomic mass is 79.9. The van der Waals surface area contributed by atoms with Crippen molar-refractivity contribution in [1.82, 2.24) is 0 Å². The van der Waals surface area contributed by atoms with E-state index in [0.717, 1.165) is 15.7 Å². The zero-order chi connectivity index (χ0) is 12.3. The molecule has 3 heteroatoms. The first-order valence-corrected chi connectivity index (χ1v) is 7.00. The Bertz CT molecular complexity index is 411. The monoisotopic (exact) mass is 295 g/mol. The van der Waals surface area contributed by atoms with Crippen molar-refractivity contribution in [3.63, 3.8) is 0 Å². The second-order valence-electron chi connectivity index (χ2n) is 4.86. The van der Waals surface area contributed by atoms with Crippen molar-refractivity contribution in [2.75, 3.05) is 5.32 Å². The van der Waals surface area contributed by atoms with Crippen LogP contribution in [0.4, 0.5) is 5.69 Å². The minimum atomic E-state index is 0.151. The summed E-state index contributed by atoms with van der Waals surface area (Å²) in [5, 5.41) is 3.01. The molecule has 1 aliphatic carbocycles. The number of carbonyl (C=O) groups excluding carboxylic acids is 1. The Hall–Kier alpha value is -0.830. The molecule has 0 heterocycles. The molecule has 1 fully saturated rings. The van der Waals surface area contributed by atoms with E-state index in [1.54, 1.807) is 0 Å². The summed E-state index contributed by atoms with van der Waals surface area (Å²) in [5.74, 6) is 0.751. The lowest BCUT2D eigenvalue weighted by Crippen LogP contribution is -2.15. The summed E-state index contributed by atoms with van der Waals surface area (Å²) in [7, 11) is 0. The second kappa shape index (κ2) is 5.67. The Morgan fingerprint density at radius 2 is 2.12 bits per heavy atom. The maximum Gasteiger partial charge on any atom is 0.224 e. The second-order valence-corrected chi connectivity index (χ2v) is 5.78. The van der Waals surface area contributed by atoms with E-state index in [0.29, 0.717) is 12.3 Å². The normalized spacial score (nSPS) is 16.1. The standard InChI is InChI=1S/C14H18BrNO/c1-10-6-7-12(15)9-13(10)16-14(17)8-11-4-2-3-5-11/h6-7,9,11H,2-5,8H2,1H3,(H,16,17). The molecule has 0 aromatic heterocycles. The first-order chi connectivity index (χ1) is 8.15. The predicted octanol–water partition coefficient (Wildman–Crippen LogP) is 4.28. The van der Waals surface area contributed by atoms with Gasteiger partial charge in [0.15, 0.2) is 0 Å². The molecule has 1 aromatic carbocycles. The van der Waals surface area contributed by atoms with Crippen molar-refractivity contribution >= 4 is 27.5 Å². The molecule has 17 heavy (non-hydrogen) atoms. The van der Waals surface area contributed by atoms with Gasteiger partial charge in [-0.1, -0.05) is 34.8 Å². The fourth-order valence-electron chi connectivity index (χ4n) is 2.41. The number of rotatable bonds is 3. The number of aryl methyl sites for hydroxylation is 1. The quantitative estimate of drug-likeness (QED) is 0.886. The third-order valence-electron chi connectivity index (χ3n) is 3.42. The first kappa shape index (κ1) is 12.6. The van der Waals surface area contributed by atoms with E-state index in [4.69, 9.17) is 0 Å². The Morgan fingerprint density at radius 3 is 2.82 bits per heavy atom. The minimum absolute atomic E-state index is 0.151. The van der Waals surface area contributed by atoms with Gasteiger partial charge in [0.05, 0.1) is 0 Å². The predicted molar refractivity (Wildman–Crippen MR) is 74.1 cm³/mol. The van der Waals surface area contributed by atoms with E-state index in [2.05, 4.69) is 21.2 Å². The molecular weight excluding hydrogens is 278 g/mol. The van der Waals surface area contributed by atoms with E-state index < -0.39 is 0 Å². The lowest BCUT2D eigenvalue weighted by molar-refractivity contribution is -0.117. The van der Waals surface area contributed by atoms with Gasteiger partial charge in [-0.3, -0.25) is 4.79 Å². The van der Waals surface area contributed by atoms with Crippen molar-refractivity contribution in [2.24, 2.45) is 5.92 Å². The van der Waals surface area contributed by atoms with Crippen LogP contribution in [0, 0.1) is 12.8 Å². The van der Waals surface area contributed by atoms with Gasteiger partial charge < -0.3 is 5.32 Å². The molecule has 92 valence electrons. The van der Waals surface area contributed by atoms with Gasteiger partial charge in [-0.05, 0) is 43.4 Å². The van der Waals surface area contributed by atoms with Gasteiger partial charge in [0.2, 0.25) is 5.91 Å². The van der Waals surface area contributed by atoms with Crippen LogP contribution in [-0.2, 0) is 4.79 Å². The average Bonchev–Trinajstić information content (AvgIpc) is 2.76. The highest BCUT2D eigenvalue weighted by molar-refractivity contribution is 9.10. The molecule has 1 saturated carbocycles. The number of hydrogen-bond donors (Lipinski definition) is 1. The van der Waals surface area contributed by atoms with Crippen LogP contribution in [0.5, 0.6) is 0 Å². The number of nitrogens with one attached hydrogen (secondary N) is 1. The van der Waals surface area contributed by atoms with Crippen LogP contribution >= 0.6 is 15.9 Å². The van der Waals surface area contributed by atoms with E-state index in [9.17, 15) is 4.79 Å². The lowest BCUT2D eigenvalue weighted by atomic mass is 10.0. The largest absolute Gasteiger partial charge is 0.326 e. The minimum Gasteiger partial charge on any atom is -0.326 e. The molecule has 0 unspecified atom stereocenters. The number of halogens is 1. The van der Waals surface area contributed by atoms with Crippen LogP contribution in [0.3, 0.4) is 0 Å². The van der Waals surface area contributed by atoms with Crippen LogP contribution in [0.1, 0.15) is 37.7 Å². The molecule has 0 spiro atoms. The molecule has 1 N–H and O–H groups in total. The van der Waals surface area contributed by atoms with E-state index in [1.165, 1.54) is 25.7 Å². The number of hydrogen-bond acceptors (Lipinski definition) is 1. The molecule has 1 aliphatic rings. The van der Waals surface area contributed by atoms with Crippen molar-refractivity contribution in [3.8, 4) is 0 Å². The fourth-order valence-corrected chi connectivity index (χ4v) is 2.77. The smallest absolute Gasteiger partial charge is 0.224 e. The number of benzene rings is 1. The highest BCUT2D eigenvalue weighted by Gasteiger charge is 2.18. The summed E-state index contributed by atoms with van der Waals surface area (Å²) in [6, 6.07) is 5.96. The zero-order valence-corrected chi connectivity index (χ0v) is 11.7. The van der Waals surface area contributed by atoms with Gasteiger partial charge in [0, 0.05) is 16.6 Å². The molecule has 0 saturated heterocycles. The Morgan fingerprint density at radius 1 is 1.41 bits per heavy atom. The SMILES string of the molecule is Cc1ccc(Br)cc1NC(=O)CC1CCCC1. The van der Waals surface area contributed by atoms with Crippen LogP contribution in [0.25, 0.3) is 0 Å². The summed E-state index contributed by atoms with van der Waals surface area (Å²) >= 11 is 3.42. The van der Waals surface area contributed by atoms with Gasteiger partial charge in [0.1, 0.15) is 0 Å². The number of anilines is 1. The molecule has 2 rings (SSSR count). The Labute approximate surface area is 111 Å². The summed E-state index contributed by atoms with van der Waals surface area (Å²) in [5.41, 5.74) is 2.02. The Balaban J connectivity index is 1.95. The average molecular weight is 296 g/mol. The van der Waals surface area contributed by atoms with Crippen molar-refractivity contribution in [2.45, 2.75) is 39.0 Å². The van der Waals surface area contributed by atoms with Crippen molar-refractivity contribution in [1.29, 1.82) is 0 Å². The molecule has 1 aromatic rings. The van der Waals surface area contributed by atoms with E-state index in [-0.39, 0.29) is 5.91 Å². The highest BCUT2D eigenvalue weighted by Crippen LogP contribution is 2.28. The summed E-state index contributed by atoms with van der Waals surface area (Å²) in [6.07, 6.45) is 5.67. The van der Waals surface area contributed by atoms with Gasteiger partial charge in [-0.25, -0.2) is 0 Å². The zero-order valence-electron chi connectivity index (χ0n) is 10.1. The van der Waals surface area contributed by atoms with Crippen LogP contribution in [-0.4, -0.2) is 5.91 Å². The third kappa shape index (κ3) is 3.56. The van der Waals surface area contributed by atoms with Crippen molar-refractivity contribution < 1.29 is 4.79 Å². The van der Waals surface area contributed by atoms with Gasteiger partial charge in [0.25, 0.3) is 0 Å². The van der Waals surface area contributed by atoms with Crippen LogP contribution in [0.15, 0.2) is 22.7 Å². The first-order valence-electron chi connectivity index (χ1n) is 6.21. The maximum absolute atomic E-state index is 11.9. The maximum atomic E-state index is 11.9. The van der Waals surface area contributed by atoms with Crippen LogP contribution < -0.4 is 5.32 Å². The summed E-state index contributed by atoms with van der Waals surface area (Å²) < 4.78 is 0.999. The van der Waals surface area contributed by atoms with Crippen LogP contribution in [0.2, 0.25) is 0 Å². The molecule has 1 amide bonds. The summed E-state index contributed by atoms with van der Waals surface area (Å²) in [6.45, 7) is 2.01. The van der Waals surface area contributed by atoms with Gasteiger partial charge >= 0.3 is 0 Å². The third-order valence-corrected chi connectivity index (χ3v) is 3.92. The molecule has 0 bridgehead atoms. The molecule has 0 atom stereocenters.